The summed E-state index contributed by atoms with van der Waals surface area (Å²) in [5, 5.41) is 17.1. The molecule has 1 N–H and O–H groups in total. The molecule has 0 spiro atoms. The highest BCUT2D eigenvalue weighted by Crippen LogP contribution is 2.14. The number of halogens is 2. The van der Waals surface area contributed by atoms with Gasteiger partial charge >= 0.3 is 0 Å². The number of benzene rings is 1. The summed E-state index contributed by atoms with van der Waals surface area (Å²) in [6.07, 6.45) is 1.33. The molecule has 5 nitrogen and oxygen atoms in total. The van der Waals surface area contributed by atoms with Crippen molar-refractivity contribution < 1.29 is 18.7 Å². The van der Waals surface area contributed by atoms with Crippen LogP contribution in [-0.2, 0) is 12.8 Å². The van der Waals surface area contributed by atoms with Crippen molar-refractivity contribution >= 4 is 5.78 Å². The molecular weight excluding hydrogens is 352 g/mol. The van der Waals surface area contributed by atoms with Crippen molar-refractivity contribution in [2.75, 3.05) is 0 Å². The first-order valence-electron chi connectivity index (χ1n) is 8.35. The van der Waals surface area contributed by atoms with Gasteiger partial charge in [-0.15, -0.1) is 5.10 Å². The molecular formula is C20H17F2N3O2. The summed E-state index contributed by atoms with van der Waals surface area (Å²) >= 11 is 0. The van der Waals surface area contributed by atoms with Crippen molar-refractivity contribution in [1.82, 2.24) is 15.2 Å². The van der Waals surface area contributed by atoms with Crippen LogP contribution in [0.15, 0.2) is 48.7 Å². The zero-order chi connectivity index (χ0) is 19.4. The van der Waals surface area contributed by atoms with E-state index in [2.05, 4.69) is 15.2 Å². The Morgan fingerprint density at radius 3 is 2.41 bits per heavy atom. The zero-order valence-electron chi connectivity index (χ0n) is 14.6. The van der Waals surface area contributed by atoms with E-state index < -0.39 is 17.7 Å². The van der Waals surface area contributed by atoms with Crippen LogP contribution in [0.2, 0.25) is 0 Å². The van der Waals surface area contributed by atoms with E-state index in [0.717, 1.165) is 17.7 Å². The Bertz CT molecular complexity index is 942. The van der Waals surface area contributed by atoms with Crippen molar-refractivity contribution in [3.8, 4) is 0 Å². The summed E-state index contributed by atoms with van der Waals surface area (Å²) in [4.78, 5) is 16.5. The minimum absolute atomic E-state index is 0.0637. The van der Waals surface area contributed by atoms with Gasteiger partial charge < -0.3 is 5.11 Å². The number of pyridine rings is 1. The van der Waals surface area contributed by atoms with Crippen LogP contribution >= 0.6 is 0 Å². The maximum absolute atomic E-state index is 13.3. The largest absolute Gasteiger partial charge is 0.387 e. The van der Waals surface area contributed by atoms with E-state index in [1.807, 2.05) is 0 Å². The first-order valence-corrected chi connectivity index (χ1v) is 8.35. The number of aliphatic hydroxyl groups is 1. The molecule has 0 fully saturated rings. The molecule has 7 heteroatoms. The summed E-state index contributed by atoms with van der Waals surface area (Å²) < 4.78 is 26.2. The summed E-state index contributed by atoms with van der Waals surface area (Å²) in [6, 6.07) is 10.4. The number of ketones is 1. The van der Waals surface area contributed by atoms with Gasteiger partial charge in [-0.05, 0) is 54.8 Å². The number of rotatable bonds is 6. The van der Waals surface area contributed by atoms with Gasteiger partial charge in [0.2, 0.25) is 0 Å². The summed E-state index contributed by atoms with van der Waals surface area (Å²) in [7, 11) is 0. The lowest BCUT2D eigenvalue weighted by atomic mass is 10.1. The quantitative estimate of drug-likeness (QED) is 0.675. The lowest BCUT2D eigenvalue weighted by Crippen LogP contribution is -2.10. The van der Waals surface area contributed by atoms with Crippen LogP contribution < -0.4 is 0 Å². The van der Waals surface area contributed by atoms with Crippen LogP contribution in [-0.4, -0.2) is 26.1 Å². The van der Waals surface area contributed by atoms with E-state index in [9.17, 15) is 18.7 Å². The maximum atomic E-state index is 13.3. The molecule has 2 heterocycles. The second-order valence-corrected chi connectivity index (χ2v) is 6.20. The third kappa shape index (κ3) is 4.77. The molecule has 27 heavy (non-hydrogen) atoms. The molecule has 0 aliphatic heterocycles. The van der Waals surface area contributed by atoms with E-state index in [-0.39, 0.29) is 17.9 Å². The second kappa shape index (κ2) is 8.09. The number of nitrogens with zero attached hydrogens (tertiary/aromatic N) is 3. The first-order chi connectivity index (χ1) is 12.9. The highest BCUT2D eigenvalue weighted by molar-refractivity contribution is 5.95. The van der Waals surface area contributed by atoms with Crippen LogP contribution in [0.3, 0.4) is 0 Å². The lowest BCUT2D eigenvalue weighted by Gasteiger charge is -2.05. The van der Waals surface area contributed by atoms with Gasteiger partial charge in [0.1, 0.15) is 5.69 Å². The molecule has 0 saturated heterocycles. The van der Waals surface area contributed by atoms with Gasteiger partial charge in [0.25, 0.3) is 0 Å². The molecule has 0 saturated carbocycles. The number of aromatic nitrogens is 3. The Balaban J connectivity index is 1.64. The van der Waals surface area contributed by atoms with Crippen LogP contribution in [0.1, 0.15) is 46.0 Å². The zero-order valence-corrected chi connectivity index (χ0v) is 14.6. The molecule has 1 atom stereocenters. The number of hydrogen-bond donors (Lipinski definition) is 1. The van der Waals surface area contributed by atoms with Crippen molar-refractivity contribution in [3.63, 3.8) is 0 Å². The number of aliphatic hydroxyl groups excluding tert-OH is 1. The molecule has 0 radical (unpaired) electrons. The highest BCUT2D eigenvalue weighted by atomic mass is 19.2. The third-order valence-electron chi connectivity index (χ3n) is 4.02. The maximum Gasteiger partial charge on any atom is 0.189 e. The number of carbonyl (C=O) groups excluding carboxylic acids is 1. The van der Waals surface area contributed by atoms with Crippen LogP contribution in [0.25, 0.3) is 0 Å². The topological polar surface area (TPSA) is 76.0 Å². The van der Waals surface area contributed by atoms with E-state index in [4.69, 9.17) is 0 Å². The highest BCUT2D eigenvalue weighted by Gasteiger charge is 2.12. The monoisotopic (exact) mass is 369 g/mol. The fourth-order valence-corrected chi connectivity index (χ4v) is 2.52. The Morgan fingerprint density at radius 2 is 1.81 bits per heavy atom. The van der Waals surface area contributed by atoms with E-state index in [0.29, 0.717) is 23.4 Å². The van der Waals surface area contributed by atoms with Gasteiger partial charge in [-0.25, -0.2) is 8.78 Å². The number of Topliss-reactive ketones (excluding diaryl/α,β-unsaturated/α-hetero) is 1. The Hall–Kier alpha value is -3.06. The molecule has 1 unspecified atom stereocenters. The fourth-order valence-electron chi connectivity index (χ4n) is 2.52. The van der Waals surface area contributed by atoms with E-state index >= 15 is 0 Å². The van der Waals surface area contributed by atoms with Gasteiger partial charge in [-0.1, -0.05) is 12.1 Å². The molecule has 0 amide bonds. The SMILES string of the molecule is CC(O)c1ccc(C(=O)Cc2ccc(Cc3ccc(F)c(F)c3)cn2)nn1. The van der Waals surface area contributed by atoms with Gasteiger partial charge in [0, 0.05) is 11.9 Å². The van der Waals surface area contributed by atoms with Crippen LogP contribution in [0.5, 0.6) is 0 Å². The predicted octanol–water partition coefficient (Wildman–Crippen LogP) is 3.22. The molecule has 1 aromatic carbocycles. The van der Waals surface area contributed by atoms with Crippen LogP contribution in [0, 0.1) is 11.6 Å². The average molecular weight is 369 g/mol. The van der Waals surface area contributed by atoms with Crippen molar-refractivity contribution in [2.24, 2.45) is 0 Å². The molecule has 138 valence electrons. The first kappa shape index (κ1) is 18.7. The summed E-state index contributed by atoms with van der Waals surface area (Å²) in [6.45, 7) is 1.57. The molecule has 3 aromatic rings. The van der Waals surface area contributed by atoms with Crippen molar-refractivity contribution in [3.05, 3.63) is 88.5 Å². The molecule has 3 rings (SSSR count). The van der Waals surface area contributed by atoms with Gasteiger partial charge in [-0.2, -0.15) is 5.10 Å². The smallest absolute Gasteiger partial charge is 0.189 e. The number of hydrogen-bond acceptors (Lipinski definition) is 5. The van der Waals surface area contributed by atoms with Gasteiger partial charge in [-0.3, -0.25) is 9.78 Å². The van der Waals surface area contributed by atoms with Crippen molar-refractivity contribution in [1.29, 1.82) is 0 Å². The minimum Gasteiger partial charge on any atom is -0.387 e. The normalized spacial score (nSPS) is 12.0. The second-order valence-electron chi connectivity index (χ2n) is 6.20. The molecule has 0 bridgehead atoms. The Morgan fingerprint density at radius 1 is 1.04 bits per heavy atom. The standard InChI is InChI=1S/C20H17F2N3O2/c1-12(26)18-6-7-19(25-24-18)20(27)10-15-4-2-14(11-23-15)8-13-3-5-16(21)17(22)9-13/h2-7,9,11-12,26H,8,10H2,1H3. The number of carbonyl (C=O) groups is 1. The fraction of sp³-hybridized carbons (Fsp3) is 0.200. The Labute approximate surface area is 154 Å². The third-order valence-corrected chi connectivity index (χ3v) is 4.02. The predicted molar refractivity (Wildman–Crippen MR) is 94.1 cm³/mol. The molecule has 2 aromatic heterocycles. The van der Waals surface area contributed by atoms with Crippen LogP contribution in [0.4, 0.5) is 8.78 Å². The summed E-state index contributed by atoms with van der Waals surface area (Å²) in [5.74, 6) is -2.00. The molecule has 0 aliphatic rings. The lowest BCUT2D eigenvalue weighted by molar-refractivity contribution is 0.0985. The van der Waals surface area contributed by atoms with Gasteiger partial charge in [0.05, 0.1) is 18.2 Å². The average Bonchev–Trinajstić information content (AvgIpc) is 2.66. The van der Waals surface area contributed by atoms with Crippen molar-refractivity contribution in [2.45, 2.75) is 25.9 Å². The molecule has 0 aliphatic carbocycles. The Kier molecular flexibility index (Phi) is 5.61. The van der Waals surface area contributed by atoms with E-state index in [1.165, 1.54) is 12.1 Å². The minimum atomic E-state index is -0.884. The van der Waals surface area contributed by atoms with Gasteiger partial charge in [0.15, 0.2) is 17.4 Å². The van der Waals surface area contributed by atoms with E-state index in [1.54, 1.807) is 31.3 Å². The summed E-state index contributed by atoms with van der Waals surface area (Å²) in [5.41, 5.74) is 2.61.